The van der Waals surface area contributed by atoms with E-state index >= 15 is 0 Å². The first-order valence-corrected chi connectivity index (χ1v) is 5.81. The van der Waals surface area contributed by atoms with Gasteiger partial charge in [0.05, 0.1) is 6.10 Å². The van der Waals surface area contributed by atoms with Gasteiger partial charge in [0, 0.05) is 5.69 Å². The fourth-order valence-corrected chi connectivity index (χ4v) is 1.18. The van der Waals surface area contributed by atoms with Gasteiger partial charge in [0.25, 0.3) is 0 Å². The van der Waals surface area contributed by atoms with Crippen molar-refractivity contribution in [2.75, 3.05) is 18.9 Å². The van der Waals surface area contributed by atoms with Crippen LogP contribution >= 0.6 is 0 Å². The van der Waals surface area contributed by atoms with Crippen molar-refractivity contribution in [2.45, 2.75) is 20.0 Å². The van der Waals surface area contributed by atoms with Crippen LogP contribution in [0.3, 0.4) is 0 Å². The fraction of sp³-hybridized carbons (Fsp3) is 0.385. The Morgan fingerprint density at radius 2 is 1.74 bits per heavy atom. The Balaban J connectivity index is 2.24. The number of nitrogens with two attached hydrogens (primary N) is 1. The van der Waals surface area contributed by atoms with Crippen LogP contribution in [0.15, 0.2) is 24.3 Å². The van der Waals surface area contributed by atoms with Crippen LogP contribution in [-0.2, 0) is 19.1 Å². The van der Waals surface area contributed by atoms with E-state index in [-0.39, 0.29) is 12.7 Å². The standard InChI is InChI=1S/C13H17NO5/c1-9(2)19-13(16)8-18-12(15)7-17-11-5-3-10(14)4-6-11/h3-6,9H,7-8,14H2,1-2H3. The molecule has 0 aliphatic heterocycles. The van der Waals surface area contributed by atoms with Gasteiger partial charge in [0.2, 0.25) is 0 Å². The Labute approximate surface area is 111 Å². The minimum absolute atomic E-state index is 0.239. The highest BCUT2D eigenvalue weighted by Crippen LogP contribution is 2.12. The maximum atomic E-state index is 11.3. The summed E-state index contributed by atoms with van der Waals surface area (Å²) >= 11 is 0. The van der Waals surface area contributed by atoms with Crippen LogP contribution in [-0.4, -0.2) is 31.3 Å². The molecule has 1 aromatic rings. The number of esters is 2. The van der Waals surface area contributed by atoms with E-state index in [4.69, 9.17) is 15.2 Å². The van der Waals surface area contributed by atoms with Crippen molar-refractivity contribution < 1.29 is 23.8 Å². The van der Waals surface area contributed by atoms with Gasteiger partial charge >= 0.3 is 11.9 Å². The summed E-state index contributed by atoms with van der Waals surface area (Å²) in [7, 11) is 0. The van der Waals surface area contributed by atoms with Gasteiger partial charge in [-0.15, -0.1) is 0 Å². The first-order valence-electron chi connectivity index (χ1n) is 5.81. The maximum absolute atomic E-state index is 11.3. The summed E-state index contributed by atoms with van der Waals surface area (Å²) in [5.41, 5.74) is 6.11. The number of carbonyl (C=O) groups excluding carboxylic acids is 2. The van der Waals surface area contributed by atoms with Crippen LogP contribution in [0.4, 0.5) is 5.69 Å². The first kappa shape index (κ1) is 14.8. The van der Waals surface area contributed by atoms with Crippen molar-refractivity contribution in [2.24, 2.45) is 0 Å². The van der Waals surface area contributed by atoms with Gasteiger partial charge in [0.15, 0.2) is 13.2 Å². The number of hydrogen-bond acceptors (Lipinski definition) is 6. The summed E-state index contributed by atoms with van der Waals surface area (Å²) in [6, 6.07) is 6.58. The quantitative estimate of drug-likeness (QED) is 0.614. The molecule has 0 unspecified atom stereocenters. The van der Waals surface area contributed by atoms with E-state index in [2.05, 4.69) is 4.74 Å². The highest BCUT2D eigenvalue weighted by Gasteiger charge is 2.10. The lowest BCUT2D eigenvalue weighted by molar-refractivity contribution is -0.162. The molecule has 0 atom stereocenters. The van der Waals surface area contributed by atoms with Crippen molar-refractivity contribution in [3.8, 4) is 5.75 Å². The van der Waals surface area contributed by atoms with E-state index in [0.29, 0.717) is 11.4 Å². The predicted octanol–water partition coefficient (Wildman–Crippen LogP) is 1.14. The van der Waals surface area contributed by atoms with Crippen LogP contribution in [0.25, 0.3) is 0 Å². The Bertz CT molecular complexity index is 427. The summed E-state index contributed by atoms with van der Waals surface area (Å²) in [5.74, 6) is -0.732. The minimum Gasteiger partial charge on any atom is -0.482 e. The lowest BCUT2D eigenvalue weighted by Gasteiger charge is -2.09. The highest BCUT2D eigenvalue weighted by molar-refractivity contribution is 5.77. The first-order chi connectivity index (χ1) is 8.97. The van der Waals surface area contributed by atoms with Crippen LogP contribution < -0.4 is 10.5 Å². The van der Waals surface area contributed by atoms with Crippen LogP contribution in [0, 0.1) is 0 Å². The largest absolute Gasteiger partial charge is 0.482 e. The lowest BCUT2D eigenvalue weighted by Crippen LogP contribution is -2.22. The van der Waals surface area contributed by atoms with Crippen molar-refractivity contribution >= 4 is 17.6 Å². The molecule has 1 aromatic carbocycles. The zero-order chi connectivity index (χ0) is 14.3. The molecule has 0 amide bonds. The molecule has 0 aromatic heterocycles. The maximum Gasteiger partial charge on any atom is 0.344 e. The van der Waals surface area contributed by atoms with Gasteiger partial charge in [-0.3, -0.25) is 0 Å². The molecule has 0 heterocycles. The molecule has 0 saturated carbocycles. The number of benzene rings is 1. The second-order valence-electron chi connectivity index (χ2n) is 4.06. The molecule has 2 N–H and O–H groups in total. The highest BCUT2D eigenvalue weighted by atomic mass is 16.6. The normalized spacial score (nSPS) is 10.1. The molecule has 6 heteroatoms. The van der Waals surface area contributed by atoms with E-state index < -0.39 is 18.5 Å². The van der Waals surface area contributed by atoms with Crippen LogP contribution in [0.5, 0.6) is 5.75 Å². The Hall–Kier alpha value is -2.24. The lowest BCUT2D eigenvalue weighted by atomic mass is 10.3. The number of hydrogen-bond donors (Lipinski definition) is 1. The molecular weight excluding hydrogens is 250 g/mol. The van der Waals surface area contributed by atoms with Gasteiger partial charge in [0.1, 0.15) is 5.75 Å². The van der Waals surface area contributed by atoms with Gasteiger partial charge < -0.3 is 19.9 Å². The van der Waals surface area contributed by atoms with Gasteiger partial charge in [-0.2, -0.15) is 0 Å². The fourth-order valence-electron chi connectivity index (χ4n) is 1.18. The summed E-state index contributed by atoms with van der Waals surface area (Å²) in [4.78, 5) is 22.4. The molecule has 0 aliphatic rings. The third-order valence-electron chi connectivity index (χ3n) is 1.95. The van der Waals surface area contributed by atoms with Crippen LogP contribution in [0.2, 0.25) is 0 Å². The van der Waals surface area contributed by atoms with E-state index in [1.165, 1.54) is 0 Å². The third kappa shape index (κ3) is 6.30. The number of carbonyl (C=O) groups is 2. The molecule has 104 valence electrons. The molecule has 0 saturated heterocycles. The Kier molecular flexibility index (Phi) is 5.66. The smallest absolute Gasteiger partial charge is 0.344 e. The average molecular weight is 267 g/mol. The predicted molar refractivity (Wildman–Crippen MR) is 68.5 cm³/mol. The summed E-state index contributed by atoms with van der Waals surface area (Å²) in [5, 5.41) is 0. The summed E-state index contributed by atoms with van der Waals surface area (Å²) in [6.07, 6.45) is -0.239. The van der Waals surface area contributed by atoms with E-state index in [1.54, 1.807) is 38.1 Å². The molecule has 1 rings (SSSR count). The number of anilines is 1. The molecule has 6 nitrogen and oxygen atoms in total. The third-order valence-corrected chi connectivity index (χ3v) is 1.95. The van der Waals surface area contributed by atoms with Gasteiger partial charge in [-0.05, 0) is 38.1 Å². The molecular formula is C13H17NO5. The van der Waals surface area contributed by atoms with Gasteiger partial charge in [-0.1, -0.05) is 0 Å². The van der Waals surface area contributed by atoms with Crippen molar-refractivity contribution in [1.82, 2.24) is 0 Å². The van der Waals surface area contributed by atoms with Crippen molar-refractivity contribution in [3.05, 3.63) is 24.3 Å². The Morgan fingerprint density at radius 1 is 1.11 bits per heavy atom. The summed E-state index contributed by atoms with van der Waals surface area (Å²) < 4.78 is 14.6. The molecule has 0 fully saturated rings. The average Bonchev–Trinajstić information content (AvgIpc) is 2.35. The summed E-state index contributed by atoms with van der Waals surface area (Å²) in [6.45, 7) is 2.73. The molecule has 19 heavy (non-hydrogen) atoms. The number of ether oxygens (including phenoxy) is 3. The topological polar surface area (TPSA) is 87.8 Å². The number of rotatable bonds is 6. The van der Waals surface area contributed by atoms with Gasteiger partial charge in [-0.25, -0.2) is 9.59 Å². The van der Waals surface area contributed by atoms with Crippen molar-refractivity contribution in [1.29, 1.82) is 0 Å². The van der Waals surface area contributed by atoms with E-state index in [0.717, 1.165) is 0 Å². The Morgan fingerprint density at radius 3 is 2.32 bits per heavy atom. The monoisotopic (exact) mass is 267 g/mol. The molecule has 0 radical (unpaired) electrons. The van der Waals surface area contributed by atoms with E-state index in [9.17, 15) is 9.59 Å². The minimum atomic E-state index is -0.641. The van der Waals surface area contributed by atoms with Crippen LogP contribution in [0.1, 0.15) is 13.8 Å². The van der Waals surface area contributed by atoms with Crippen molar-refractivity contribution in [3.63, 3.8) is 0 Å². The van der Waals surface area contributed by atoms with E-state index in [1.807, 2.05) is 0 Å². The second-order valence-corrected chi connectivity index (χ2v) is 4.06. The SMILES string of the molecule is CC(C)OC(=O)COC(=O)COc1ccc(N)cc1. The zero-order valence-electron chi connectivity index (χ0n) is 10.9. The number of nitrogen functional groups attached to an aromatic ring is 1. The molecule has 0 aliphatic carbocycles. The molecule has 0 bridgehead atoms. The zero-order valence-corrected chi connectivity index (χ0v) is 10.9. The molecule has 0 spiro atoms. The second kappa shape index (κ2) is 7.25.